The largest absolute Gasteiger partial charge is 0.309 e. The molecule has 3 nitrogen and oxygen atoms in total. The lowest BCUT2D eigenvalue weighted by Crippen LogP contribution is -2.02. The highest BCUT2D eigenvalue weighted by Gasteiger charge is 2.20. The lowest BCUT2D eigenvalue weighted by atomic mass is 10.00. The van der Waals surface area contributed by atoms with Crippen molar-refractivity contribution in [1.82, 2.24) is 9.13 Å². The number of nitrogens with zero attached hydrogens (tertiary/aromatic N) is 3. The van der Waals surface area contributed by atoms with Crippen molar-refractivity contribution in [3.8, 4) is 16.8 Å². The molecule has 0 aliphatic heterocycles. The average Bonchev–Trinajstić information content (AvgIpc) is 3.70. The van der Waals surface area contributed by atoms with Crippen LogP contribution in [0.3, 0.4) is 0 Å². The molecule has 0 unspecified atom stereocenters. The van der Waals surface area contributed by atoms with E-state index in [0.29, 0.717) is 0 Å². The maximum Gasteiger partial charge on any atom is 0.138 e. The van der Waals surface area contributed by atoms with Crippen molar-refractivity contribution in [2.75, 3.05) is 0 Å². The zero-order valence-corrected chi connectivity index (χ0v) is 27.4. The van der Waals surface area contributed by atoms with Gasteiger partial charge in [-0.25, -0.2) is 4.99 Å². The standard InChI is InChI=1S/C47H33N3/c1-2-42(34-19-8-4-9-20-34)48-46(31-33-17-6-3-7-18-33)50-44-28-15-12-23-38(44)40-26-16-25-37(47(40)50)35-29-30-45-41(32-35)39-24-13-14-27-43(39)49(45)36-21-10-5-11-22-36/h2-32H,1H2/b46-31+,48-42+. The second-order valence-electron chi connectivity index (χ2n) is 12.5. The van der Waals surface area contributed by atoms with Crippen LogP contribution in [0.25, 0.3) is 72.3 Å². The van der Waals surface area contributed by atoms with Gasteiger partial charge < -0.3 is 4.57 Å². The van der Waals surface area contributed by atoms with Gasteiger partial charge in [-0.3, -0.25) is 4.57 Å². The van der Waals surface area contributed by atoms with Crippen LogP contribution < -0.4 is 0 Å². The number of allylic oxidation sites excluding steroid dienone is 1. The predicted octanol–water partition coefficient (Wildman–Crippen LogP) is 12.2. The zero-order valence-electron chi connectivity index (χ0n) is 27.4. The van der Waals surface area contributed by atoms with Gasteiger partial charge in [0.25, 0.3) is 0 Å². The van der Waals surface area contributed by atoms with Gasteiger partial charge in [-0.05, 0) is 59.7 Å². The molecule has 0 N–H and O–H groups in total. The molecule has 0 radical (unpaired) electrons. The Kier molecular flexibility index (Phi) is 7.29. The summed E-state index contributed by atoms with van der Waals surface area (Å²) in [7, 11) is 0. The molecule has 236 valence electrons. The number of rotatable bonds is 7. The topological polar surface area (TPSA) is 22.2 Å². The maximum atomic E-state index is 5.38. The van der Waals surface area contributed by atoms with Crippen LogP contribution in [-0.4, -0.2) is 14.8 Å². The van der Waals surface area contributed by atoms with Crippen molar-refractivity contribution in [3.63, 3.8) is 0 Å². The zero-order chi connectivity index (χ0) is 33.4. The van der Waals surface area contributed by atoms with Crippen molar-refractivity contribution in [2.24, 2.45) is 4.99 Å². The van der Waals surface area contributed by atoms with Crippen LogP contribution >= 0.6 is 0 Å². The van der Waals surface area contributed by atoms with Crippen molar-refractivity contribution in [1.29, 1.82) is 0 Å². The molecule has 0 aliphatic rings. The second-order valence-corrected chi connectivity index (χ2v) is 12.5. The molecule has 0 saturated heterocycles. The molecule has 0 fully saturated rings. The highest BCUT2D eigenvalue weighted by atomic mass is 15.1. The Morgan fingerprint density at radius 3 is 1.86 bits per heavy atom. The van der Waals surface area contributed by atoms with E-state index in [1.807, 2.05) is 30.3 Å². The number of aliphatic imine (C=N–C) groups is 1. The van der Waals surface area contributed by atoms with E-state index in [4.69, 9.17) is 4.99 Å². The van der Waals surface area contributed by atoms with Gasteiger partial charge in [0.15, 0.2) is 0 Å². The molecule has 0 saturated carbocycles. The summed E-state index contributed by atoms with van der Waals surface area (Å²) in [5.41, 5.74) is 10.9. The average molecular weight is 640 g/mol. The lowest BCUT2D eigenvalue weighted by Gasteiger charge is -2.14. The van der Waals surface area contributed by atoms with E-state index in [9.17, 15) is 0 Å². The summed E-state index contributed by atoms with van der Waals surface area (Å²) in [6, 6.07) is 62.2. The van der Waals surface area contributed by atoms with Gasteiger partial charge in [0.1, 0.15) is 5.82 Å². The smallest absolute Gasteiger partial charge is 0.138 e. The molecule has 2 aromatic heterocycles. The van der Waals surface area contributed by atoms with Crippen molar-refractivity contribution in [3.05, 3.63) is 200 Å². The van der Waals surface area contributed by atoms with Crippen LogP contribution in [0.1, 0.15) is 11.1 Å². The van der Waals surface area contributed by atoms with Gasteiger partial charge in [-0.1, -0.05) is 146 Å². The minimum atomic E-state index is 0.811. The van der Waals surface area contributed by atoms with E-state index >= 15 is 0 Å². The third kappa shape index (κ3) is 4.96. The first kappa shape index (κ1) is 29.4. The fraction of sp³-hybridized carbons (Fsp3) is 0. The van der Waals surface area contributed by atoms with Crippen LogP contribution in [0.2, 0.25) is 0 Å². The van der Waals surface area contributed by atoms with Crippen LogP contribution in [0.5, 0.6) is 0 Å². The van der Waals surface area contributed by atoms with E-state index in [2.05, 4.69) is 173 Å². The minimum absolute atomic E-state index is 0.811. The monoisotopic (exact) mass is 639 g/mol. The normalized spacial score (nSPS) is 12.3. The summed E-state index contributed by atoms with van der Waals surface area (Å²) in [5, 5.41) is 4.81. The van der Waals surface area contributed by atoms with Gasteiger partial charge >= 0.3 is 0 Å². The van der Waals surface area contributed by atoms with Crippen LogP contribution in [-0.2, 0) is 0 Å². The highest BCUT2D eigenvalue weighted by molar-refractivity contribution is 6.17. The van der Waals surface area contributed by atoms with E-state index in [-0.39, 0.29) is 0 Å². The Labute approximate surface area is 291 Å². The molecule has 50 heavy (non-hydrogen) atoms. The van der Waals surface area contributed by atoms with Gasteiger partial charge in [-0.15, -0.1) is 0 Å². The number of fused-ring (bicyclic) bond motifs is 6. The SMILES string of the molecule is C=C/C(=N\C(=C/c1ccccc1)n1c2ccccc2c2cccc(-c3ccc4c(c3)c3ccccc3n4-c3ccccc3)c21)c1ccccc1. The number of aromatic nitrogens is 2. The van der Waals surface area contributed by atoms with Crippen molar-refractivity contribution >= 4 is 61.2 Å². The summed E-state index contributed by atoms with van der Waals surface area (Å²) in [5.74, 6) is 0.815. The van der Waals surface area contributed by atoms with Crippen LogP contribution in [0.15, 0.2) is 194 Å². The molecule has 9 rings (SSSR count). The molecule has 0 aliphatic carbocycles. The van der Waals surface area contributed by atoms with Gasteiger partial charge in [0.2, 0.25) is 0 Å². The molecule has 0 bridgehead atoms. The fourth-order valence-corrected chi connectivity index (χ4v) is 7.29. The Morgan fingerprint density at radius 1 is 0.520 bits per heavy atom. The quantitative estimate of drug-likeness (QED) is 0.155. The molecule has 3 heteroatoms. The number of hydrogen-bond donors (Lipinski definition) is 0. The maximum absolute atomic E-state index is 5.38. The molecular weight excluding hydrogens is 607 g/mol. The first-order valence-corrected chi connectivity index (χ1v) is 16.9. The van der Waals surface area contributed by atoms with Crippen molar-refractivity contribution < 1.29 is 0 Å². The summed E-state index contributed by atoms with van der Waals surface area (Å²) in [6.07, 6.45) is 4.02. The Balaban J connectivity index is 1.35. The summed E-state index contributed by atoms with van der Waals surface area (Å²) < 4.78 is 4.69. The molecule has 0 amide bonds. The molecule has 0 atom stereocenters. The number of para-hydroxylation sites is 4. The first-order valence-electron chi connectivity index (χ1n) is 16.9. The van der Waals surface area contributed by atoms with Gasteiger partial charge in [0.05, 0.1) is 27.8 Å². The van der Waals surface area contributed by atoms with E-state index in [0.717, 1.165) is 50.5 Å². The van der Waals surface area contributed by atoms with E-state index in [1.54, 1.807) is 0 Å². The third-order valence-electron chi connectivity index (χ3n) is 9.52. The second kappa shape index (κ2) is 12.4. The fourth-order valence-electron chi connectivity index (χ4n) is 7.29. The first-order chi connectivity index (χ1) is 24.8. The molecule has 0 spiro atoms. The third-order valence-corrected chi connectivity index (χ3v) is 9.52. The Bertz CT molecular complexity index is 2750. The minimum Gasteiger partial charge on any atom is -0.309 e. The predicted molar refractivity (Wildman–Crippen MR) is 213 cm³/mol. The van der Waals surface area contributed by atoms with E-state index < -0.39 is 0 Å². The summed E-state index contributed by atoms with van der Waals surface area (Å²) in [4.78, 5) is 5.38. The summed E-state index contributed by atoms with van der Waals surface area (Å²) in [6.45, 7) is 4.18. The number of hydrogen-bond acceptors (Lipinski definition) is 1. The molecule has 9 aromatic rings. The Morgan fingerprint density at radius 2 is 1.12 bits per heavy atom. The van der Waals surface area contributed by atoms with Gasteiger partial charge in [0, 0.05) is 38.4 Å². The summed E-state index contributed by atoms with van der Waals surface area (Å²) >= 11 is 0. The van der Waals surface area contributed by atoms with Gasteiger partial charge in [-0.2, -0.15) is 0 Å². The number of benzene rings is 7. The van der Waals surface area contributed by atoms with E-state index in [1.165, 1.54) is 32.6 Å². The molecule has 7 aromatic carbocycles. The molecular formula is C47H33N3. The van der Waals surface area contributed by atoms with Crippen LogP contribution in [0.4, 0.5) is 0 Å². The molecule has 2 heterocycles. The lowest BCUT2D eigenvalue weighted by molar-refractivity contribution is 1.18. The van der Waals surface area contributed by atoms with Crippen LogP contribution in [0, 0.1) is 0 Å². The highest BCUT2D eigenvalue weighted by Crippen LogP contribution is 2.41. The Hall–Kier alpha value is -6.71. The van der Waals surface area contributed by atoms with Crippen molar-refractivity contribution in [2.45, 2.75) is 0 Å².